The summed E-state index contributed by atoms with van der Waals surface area (Å²) in [6, 6.07) is 5.73. The SMILES string of the molecule is CC1(n2c(N)nc3cc(Cl)ccc32)CC1. The fraction of sp³-hybridized carbons (Fsp3) is 0.364. The van der Waals surface area contributed by atoms with Gasteiger partial charge < -0.3 is 10.3 Å². The Labute approximate surface area is 92.8 Å². The molecule has 1 fully saturated rings. The molecule has 0 unspecified atom stereocenters. The van der Waals surface area contributed by atoms with Gasteiger partial charge in [-0.25, -0.2) is 4.98 Å². The highest BCUT2D eigenvalue weighted by atomic mass is 35.5. The molecule has 3 rings (SSSR count). The molecule has 1 saturated carbocycles. The largest absolute Gasteiger partial charge is 0.369 e. The van der Waals surface area contributed by atoms with E-state index in [4.69, 9.17) is 17.3 Å². The smallest absolute Gasteiger partial charge is 0.201 e. The molecule has 0 bridgehead atoms. The Morgan fingerprint density at radius 2 is 2.20 bits per heavy atom. The summed E-state index contributed by atoms with van der Waals surface area (Å²) in [6.45, 7) is 2.21. The number of nitrogens with zero attached hydrogens (tertiary/aromatic N) is 2. The van der Waals surface area contributed by atoms with E-state index in [1.54, 1.807) is 0 Å². The number of anilines is 1. The third-order valence-electron chi connectivity index (χ3n) is 3.16. The van der Waals surface area contributed by atoms with Crippen LogP contribution in [0.5, 0.6) is 0 Å². The molecule has 0 amide bonds. The summed E-state index contributed by atoms with van der Waals surface area (Å²) in [5.41, 5.74) is 8.07. The number of nitrogen functional groups attached to an aromatic ring is 1. The summed E-state index contributed by atoms with van der Waals surface area (Å²) in [5.74, 6) is 0.590. The highest BCUT2D eigenvalue weighted by Crippen LogP contribution is 2.46. The van der Waals surface area contributed by atoms with Gasteiger partial charge in [-0.3, -0.25) is 0 Å². The Hall–Kier alpha value is -1.22. The van der Waals surface area contributed by atoms with Gasteiger partial charge in [0.15, 0.2) is 0 Å². The molecule has 0 atom stereocenters. The van der Waals surface area contributed by atoms with E-state index in [9.17, 15) is 0 Å². The Kier molecular flexibility index (Phi) is 1.61. The number of benzene rings is 1. The molecule has 0 aliphatic heterocycles. The van der Waals surface area contributed by atoms with Crippen LogP contribution in [0.15, 0.2) is 18.2 Å². The van der Waals surface area contributed by atoms with Crippen LogP contribution in [0.4, 0.5) is 5.95 Å². The zero-order chi connectivity index (χ0) is 10.6. The highest BCUT2D eigenvalue weighted by molar-refractivity contribution is 6.31. The Bertz CT molecular complexity index is 540. The van der Waals surface area contributed by atoms with Crippen molar-refractivity contribution in [3.63, 3.8) is 0 Å². The van der Waals surface area contributed by atoms with Crippen LogP contribution in [0.2, 0.25) is 5.02 Å². The van der Waals surface area contributed by atoms with Crippen LogP contribution < -0.4 is 5.73 Å². The van der Waals surface area contributed by atoms with Crippen molar-refractivity contribution in [3.05, 3.63) is 23.2 Å². The van der Waals surface area contributed by atoms with Gasteiger partial charge in [0.05, 0.1) is 11.0 Å². The first-order valence-electron chi connectivity index (χ1n) is 5.04. The predicted octanol–water partition coefficient (Wildman–Crippen LogP) is 2.78. The van der Waals surface area contributed by atoms with Crippen molar-refractivity contribution in [2.45, 2.75) is 25.3 Å². The molecule has 0 saturated heterocycles. The minimum Gasteiger partial charge on any atom is -0.369 e. The number of fused-ring (bicyclic) bond motifs is 1. The molecule has 2 N–H and O–H groups in total. The van der Waals surface area contributed by atoms with E-state index in [0.29, 0.717) is 11.0 Å². The molecule has 1 heterocycles. The lowest BCUT2D eigenvalue weighted by atomic mass is 10.2. The van der Waals surface area contributed by atoms with E-state index in [-0.39, 0.29) is 5.54 Å². The zero-order valence-corrected chi connectivity index (χ0v) is 9.25. The quantitative estimate of drug-likeness (QED) is 0.805. The molecular weight excluding hydrogens is 210 g/mol. The average Bonchev–Trinajstić information content (AvgIpc) is 2.79. The monoisotopic (exact) mass is 221 g/mol. The van der Waals surface area contributed by atoms with Gasteiger partial charge in [-0.15, -0.1) is 0 Å². The summed E-state index contributed by atoms with van der Waals surface area (Å²) >= 11 is 5.92. The Morgan fingerprint density at radius 1 is 1.47 bits per heavy atom. The number of imidazole rings is 1. The predicted molar refractivity (Wildman–Crippen MR) is 62.0 cm³/mol. The van der Waals surface area contributed by atoms with E-state index in [1.165, 1.54) is 12.8 Å². The van der Waals surface area contributed by atoms with Crippen LogP contribution >= 0.6 is 11.6 Å². The first-order chi connectivity index (χ1) is 7.10. The molecule has 3 nitrogen and oxygen atoms in total. The first kappa shape index (κ1) is 9.04. The van der Waals surface area contributed by atoms with Gasteiger partial charge in [0.25, 0.3) is 0 Å². The number of rotatable bonds is 1. The normalized spacial score (nSPS) is 18.3. The third kappa shape index (κ3) is 1.23. The number of hydrogen-bond donors (Lipinski definition) is 1. The van der Waals surface area contributed by atoms with Crippen LogP contribution in [0, 0.1) is 0 Å². The maximum Gasteiger partial charge on any atom is 0.201 e. The van der Waals surface area contributed by atoms with Crippen LogP contribution in [0.1, 0.15) is 19.8 Å². The molecule has 1 aromatic carbocycles. The van der Waals surface area contributed by atoms with Gasteiger partial charge in [0, 0.05) is 10.6 Å². The standard InChI is InChI=1S/C11H12ClN3/c1-11(4-5-11)15-9-3-2-7(12)6-8(9)14-10(15)13/h2-3,6H,4-5H2,1H3,(H2,13,14). The summed E-state index contributed by atoms with van der Waals surface area (Å²) in [5, 5.41) is 0.702. The van der Waals surface area contributed by atoms with Crippen LogP contribution in [-0.4, -0.2) is 9.55 Å². The third-order valence-corrected chi connectivity index (χ3v) is 3.39. The fourth-order valence-corrected chi connectivity index (χ4v) is 2.21. The topological polar surface area (TPSA) is 43.8 Å². The number of aromatic nitrogens is 2. The molecular formula is C11H12ClN3. The van der Waals surface area contributed by atoms with Gasteiger partial charge in [0.1, 0.15) is 0 Å². The first-order valence-corrected chi connectivity index (χ1v) is 5.42. The van der Waals surface area contributed by atoms with E-state index < -0.39 is 0 Å². The van der Waals surface area contributed by atoms with E-state index >= 15 is 0 Å². The van der Waals surface area contributed by atoms with E-state index in [0.717, 1.165) is 11.0 Å². The fourth-order valence-electron chi connectivity index (χ4n) is 2.04. The van der Waals surface area contributed by atoms with Crippen molar-refractivity contribution in [2.75, 3.05) is 5.73 Å². The molecule has 78 valence electrons. The number of hydrogen-bond acceptors (Lipinski definition) is 2. The summed E-state index contributed by atoms with van der Waals surface area (Å²) in [4.78, 5) is 4.34. The minimum atomic E-state index is 0.173. The minimum absolute atomic E-state index is 0.173. The highest BCUT2D eigenvalue weighted by Gasteiger charge is 2.41. The van der Waals surface area contributed by atoms with Crippen molar-refractivity contribution in [2.24, 2.45) is 0 Å². The Morgan fingerprint density at radius 3 is 2.87 bits per heavy atom. The summed E-state index contributed by atoms with van der Waals surface area (Å²) < 4.78 is 2.12. The second-order valence-corrected chi connectivity index (χ2v) is 4.87. The van der Waals surface area contributed by atoms with Crippen molar-refractivity contribution in [1.29, 1.82) is 0 Å². The molecule has 1 aliphatic carbocycles. The number of halogens is 1. The lowest BCUT2D eigenvalue weighted by Gasteiger charge is -2.13. The molecule has 1 aromatic heterocycles. The van der Waals surface area contributed by atoms with Crippen LogP contribution in [0.3, 0.4) is 0 Å². The van der Waals surface area contributed by atoms with Crippen molar-refractivity contribution >= 4 is 28.6 Å². The van der Waals surface area contributed by atoms with Crippen molar-refractivity contribution < 1.29 is 0 Å². The Balaban J connectivity index is 2.33. The summed E-state index contributed by atoms with van der Waals surface area (Å²) in [6.07, 6.45) is 2.34. The molecule has 2 aromatic rings. The number of nitrogens with two attached hydrogens (primary N) is 1. The average molecular weight is 222 g/mol. The van der Waals surface area contributed by atoms with Crippen molar-refractivity contribution in [3.8, 4) is 0 Å². The maximum atomic E-state index is 5.94. The second-order valence-electron chi connectivity index (χ2n) is 4.44. The van der Waals surface area contributed by atoms with Gasteiger partial charge in [-0.2, -0.15) is 0 Å². The van der Waals surface area contributed by atoms with Gasteiger partial charge in [-0.1, -0.05) is 11.6 Å². The van der Waals surface area contributed by atoms with Gasteiger partial charge in [0.2, 0.25) is 5.95 Å². The maximum absolute atomic E-state index is 5.94. The van der Waals surface area contributed by atoms with Crippen LogP contribution in [0.25, 0.3) is 11.0 Å². The molecule has 15 heavy (non-hydrogen) atoms. The van der Waals surface area contributed by atoms with Gasteiger partial charge in [-0.05, 0) is 38.0 Å². The lowest BCUT2D eigenvalue weighted by Crippen LogP contribution is -2.14. The van der Waals surface area contributed by atoms with E-state index in [2.05, 4.69) is 16.5 Å². The van der Waals surface area contributed by atoms with E-state index in [1.807, 2.05) is 18.2 Å². The summed E-state index contributed by atoms with van der Waals surface area (Å²) in [7, 11) is 0. The second kappa shape index (κ2) is 2.67. The van der Waals surface area contributed by atoms with Crippen molar-refractivity contribution in [1.82, 2.24) is 9.55 Å². The zero-order valence-electron chi connectivity index (χ0n) is 8.50. The molecule has 0 spiro atoms. The molecule has 1 aliphatic rings. The lowest BCUT2D eigenvalue weighted by molar-refractivity contribution is 0.557. The van der Waals surface area contributed by atoms with Crippen LogP contribution in [-0.2, 0) is 5.54 Å². The molecule has 4 heteroatoms. The molecule has 0 radical (unpaired) electrons. The van der Waals surface area contributed by atoms with Gasteiger partial charge >= 0.3 is 0 Å².